The molecule has 98 valence electrons. The predicted molar refractivity (Wildman–Crippen MR) is 65.7 cm³/mol. The lowest BCUT2D eigenvalue weighted by Gasteiger charge is -2.23. The Labute approximate surface area is 104 Å². The number of hydrogen-bond acceptors (Lipinski definition) is 7. The Morgan fingerprint density at radius 1 is 1.50 bits per heavy atom. The van der Waals surface area contributed by atoms with E-state index in [2.05, 4.69) is 20.6 Å². The summed E-state index contributed by atoms with van der Waals surface area (Å²) in [6.07, 6.45) is 2.84. The Morgan fingerprint density at radius 2 is 2.22 bits per heavy atom. The molecule has 8 heteroatoms. The third-order valence-electron chi connectivity index (χ3n) is 2.75. The van der Waals surface area contributed by atoms with E-state index < -0.39 is 4.92 Å². The largest absolute Gasteiger partial charge is 0.381 e. The van der Waals surface area contributed by atoms with Gasteiger partial charge in [-0.2, -0.15) is 4.98 Å². The summed E-state index contributed by atoms with van der Waals surface area (Å²) in [5.74, 6) is 0.612. The van der Waals surface area contributed by atoms with Gasteiger partial charge in [0.25, 0.3) is 0 Å². The molecule has 1 aliphatic heterocycles. The van der Waals surface area contributed by atoms with Gasteiger partial charge in [-0.05, 0) is 12.8 Å². The molecule has 1 aromatic heterocycles. The molecule has 2 N–H and O–H groups in total. The zero-order valence-electron chi connectivity index (χ0n) is 10.0. The van der Waals surface area contributed by atoms with Crippen molar-refractivity contribution in [2.75, 3.05) is 30.9 Å². The average Bonchev–Trinajstić information content (AvgIpc) is 2.39. The number of anilines is 2. The summed E-state index contributed by atoms with van der Waals surface area (Å²) >= 11 is 0. The Balaban J connectivity index is 2.19. The molecular weight excluding hydrogens is 238 g/mol. The van der Waals surface area contributed by atoms with Gasteiger partial charge >= 0.3 is 5.69 Å². The highest BCUT2D eigenvalue weighted by molar-refractivity contribution is 5.57. The Kier molecular flexibility index (Phi) is 3.88. The maximum Gasteiger partial charge on any atom is 0.329 e. The monoisotopic (exact) mass is 253 g/mol. The zero-order valence-corrected chi connectivity index (χ0v) is 10.0. The normalized spacial score (nSPS) is 16.3. The van der Waals surface area contributed by atoms with Gasteiger partial charge < -0.3 is 15.4 Å². The molecule has 0 unspecified atom stereocenters. The van der Waals surface area contributed by atoms with Crippen molar-refractivity contribution in [3.63, 3.8) is 0 Å². The highest BCUT2D eigenvalue weighted by atomic mass is 16.6. The summed E-state index contributed by atoms with van der Waals surface area (Å²) in [4.78, 5) is 18.4. The number of ether oxygens (including phenoxy) is 1. The van der Waals surface area contributed by atoms with Crippen LogP contribution in [0.15, 0.2) is 6.20 Å². The summed E-state index contributed by atoms with van der Waals surface area (Å²) in [6, 6.07) is 0.150. The first-order chi connectivity index (χ1) is 8.70. The standard InChI is InChI=1S/C10H15N5O3/c1-11-10-12-6-8(15(16)17)9(14-10)13-7-2-4-18-5-3-7/h6-7H,2-5H2,1H3,(H2,11,12,13,14). The third-order valence-corrected chi connectivity index (χ3v) is 2.75. The van der Waals surface area contributed by atoms with Crippen molar-refractivity contribution in [3.8, 4) is 0 Å². The summed E-state index contributed by atoms with van der Waals surface area (Å²) in [5.41, 5.74) is -0.111. The molecule has 2 heterocycles. The lowest BCUT2D eigenvalue weighted by atomic mass is 10.1. The van der Waals surface area contributed by atoms with Gasteiger partial charge in [0.2, 0.25) is 11.8 Å². The van der Waals surface area contributed by atoms with Crippen LogP contribution in [0.1, 0.15) is 12.8 Å². The number of nitrogens with one attached hydrogen (secondary N) is 2. The fourth-order valence-corrected chi connectivity index (χ4v) is 1.77. The molecule has 0 aliphatic carbocycles. The number of rotatable bonds is 4. The predicted octanol–water partition coefficient (Wildman–Crippen LogP) is 1.02. The molecule has 18 heavy (non-hydrogen) atoms. The smallest absolute Gasteiger partial charge is 0.329 e. The summed E-state index contributed by atoms with van der Waals surface area (Å²) in [5, 5.41) is 16.8. The van der Waals surface area contributed by atoms with Gasteiger partial charge in [-0.15, -0.1) is 0 Å². The molecule has 1 saturated heterocycles. The Morgan fingerprint density at radius 3 is 2.83 bits per heavy atom. The average molecular weight is 253 g/mol. The molecule has 0 saturated carbocycles. The number of hydrogen-bond donors (Lipinski definition) is 2. The van der Waals surface area contributed by atoms with Crippen LogP contribution in [-0.4, -0.2) is 41.2 Å². The van der Waals surface area contributed by atoms with Gasteiger partial charge in [-0.3, -0.25) is 10.1 Å². The molecule has 0 radical (unpaired) electrons. The number of nitro groups is 1. The van der Waals surface area contributed by atoms with Crippen LogP contribution < -0.4 is 10.6 Å². The molecule has 0 amide bonds. The van der Waals surface area contributed by atoms with Crippen molar-refractivity contribution in [3.05, 3.63) is 16.3 Å². The fourth-order valence-electron chi connectivity index (χ4n) is 1.77. The van der Waals surface area contributed by atoms with Crippen LogP contribution in [-0.2, 0) is 4.74 Å². The first-order valence-corrected chi connectivity index (χ1v) is 5.74. The van der Waals surface area contributed by atoms with Crippen LogP contribution in [0.2, 0.25) is 0 Å². The molecule has 1 aromatic rings. The van der Waals surface area contributed by atoms with E-state index in [-0.39, 0.29) is 17.5 Å². The molecule has 8 nitrogen and oxygen atoms in total. The van der Waals surface area contributed by atoms with Crippen LogP contribution in [0.5, 0.6) is 0 Å². The first kappa shape index (κ1) is 12.5. The van der Waals surface area contributed by atoms with E-state index in [1.165, 1.54) is 6.20 Å². The van der Waals surface area contributed by atoms with E-state index in [4.69, 9.17) is 4.74 Å². The van der Waals surface area contributed by atoms with Crippen LogP contribution >= 0.6 is 0 Å². The minimum absolute atomic E-state index is 0.111. The second-order valence-corrected chi connectivity index (χ2v) is 3.97. The van der Waals surface area contributed by atoms with Crippen molar-refractivity contribution in [2.45, 2.75) is 18.9 Å². The highest BCUT2D eigenvalue weighted by Gasteiger charge is 2.21. The molecule has 1 fully saturated rings. The first-order valence-electron chi connectivity index (χ1n) is 5.74. The molecule has 1 aliphatic rings. The summed E-state index contributed by atoms with van der Waals surface area (Å²) in [7, 11) is 1.67. The molecule has 0 aromatic carbocycles. The van der Waals surface area contributed by atoms with Gasteiger partial charge in [-0.25, -0.2) is 4.98 Å². The highest BCUT2D eigenvalue weighted by Crippen LogP contribution is 2.24. The minimum atomic E-state index is -0.485. The number of nitrogens with zero attached hydrogens (tertiary/aromatic N) is 3. The lowest BCUT2D eigenvalue weighted by molar-refractivity contribution is -0.384. The zero-order chi connectivity index (χ0) is 13.0. The van der Waals surface area contributed by atoms with Gasteiger partial charge in [-0.1, -0.05) is 0 Å². The van der Waals surface area contributed by atoms with Crippen LogP contribution in [0.4, 0.5) is 17.5 Å². The van der Waals surface area contributed by atoms with Crippen molar-refractivity contribution in [2.24, 2.45) is 0 Å². The van der Waals surface area contributed by atoms with Gasteiger partial charge in [0, 0.05) is 26.3 Å². The molecule has 0 spiro atoms. The second kappa shape index (κ2) is 5.58. The summed E-state index contributed by atoms with van der Waals surface area (Å²) in [6.45, 7) is 1.32. The quantitative estimate of drug-likeness (QED) is 0.610. The minimum Gasteiger partial charge on any atom is -0.381 e. The fraction of sp³-hybridized carbons (Fsp3) is 0.600. The topological polar surface area (TPSA) is 102 Å². The molecule has 0 atom stereocenters. The third kappa shape index (κ3) is 2.83. The summed E-state index contributed by atoms with van der Waals surface area (Å²) < 4.78 is 5.24. The van der Waals surface area contributed by atoms with E-state index in [0.29, 0.717) is 19.2 Å². The SMILES string of the molecule is CNc1ncc([N+](=O)[O-])c(NC2CCOCC2)n1. The van der Waals surface area contributed by atoms with Crippen LogP contribution in [0.25, 0.3) is 0 Å². The molecule has 2 rings (SSSR count). The van der Waals surface area contributed by atoms with Gasteiger partial charge in [0.05, 0.1) is 4.92 Å². The van der Waals surface area contributed by atoms with Crippen molar-refractivity contribution < 1.29 is 9.66 Å². The van der Waals surface area contributed by atoms with Gasteiger partial charge in [0.1, 0.15) is 6.20 Å². The lowest BCUT2D eigenvalue weighted by Crippen LogP contribution is -2.28. The Hall–Kier alpha value is -1.96. The van der Waals surface area contributed by atoms with E-state index in [1.54, 1.807) is 7.05 Å². The van der Waals surface area contributed by atoms with E-state index in [0.717, 1.165) is 12.8 Å². The van der Waals surface area contributed by atoms with E-state index in [1.807, 2.05) is 0 Å². The second-order valence-electron chi connectivity index (χ2n) is 3.97. The van der Waals surface area contributed by atoms with E-state index in [9.17, 15) is 10.1 Å². The molecule has 0 bridgehead atoms. The maximum atomic E-state index is 10.9. The van der Waals surface area contributed by atoms with E-state index >= 15 is 0 Å². The van der Waals surface area contributed by atoms with Gasteiger partial charge in [0.15, 0.2) is 0 Å². The van der Waals surface area contributed by atoms with Crippen molar-refractivity contribution >= 4 is 17.5 Å². The molecular formula is C10H15N5O3. The maximum absolute atomic E-state index is 10.9. The Bertz CT molecular complexity index is 434. The number of aromatic nitrogens is 2. The van der Waals surface area contributed by atoms with Crippen LogP contribution in [0.3, 0.4) is 0 Å². The van der Waals surface area contributed by atoms with Crippen molar-refractivity contribution in [1.82, 2.24) is 9.97 Å². The van der Waals surface area contributed by atoms with Crippen LogP contribution in [0, 0.1) is 10.1 Å². The van der Waals surface area contributed by atoms with Crippen molar-refractivity contribution in [1.29, 1.82) is 0 Å².